The van der Waals surface area contributed by atoms with Crippen LogP contribution in [0.2, 0.25) is 0 Å². The Morgan fingerprint density at radius 2 is 2.17 bits per heavy atom. The second-order valence-corrected chi connectivity index (χ2v) is 5.63. The van der Waals surface area contributed by atoms with Crippen LogP contribution in [0.1, 0.15) is 21.9 Å². The third kappa shape index (κ3) is 2.04. The molecular formula is C14H13NO2S. The van der Waals surface area contributed by atoms with E-state index in [1.165, 1.54) is 16.0 Å². The first-order valence-corrected chi connectivity index (χ1v) is 6.84. The molecule has 0 unspecified atom stereocenters. The Morgan fingerprint density at radius 3 is 3.00 bits per heavy atom. The van der Waals surface area contributed by atoms with Crippen molar-refractivity contribution >= 4 is 17.3 Å². The first kappa shape index (κ1) is 11.4. The van der Waals surface area contributed by atoms with Crippen molar-refractivity contribution in [2.75, 3.05) is 0 Å². The van der Waals surface area contributed by atoms with Gasteiger partial charge in [0.1, 0.15) is 5.01 Å². The predicted molar refractivity (Wildman–Crippen MR) is 70.9 cm³/mol. The molecule has 0 atom stereocenters. The van der Waals surface area contributed by atoms with Crippen LogP contribution in [0.5, 0.6) is 0 Å². The fourth-order valence-electron chi connectivity index (χ4n) is 2.39. The summed E-state index contributed by atoms with van der Waals surface area (Å²) >= 11 is 1.55. The lowest BCUT2D eigenvalue weighted by Crippen LogP contribution is -1.99. The van der Waals surface area contributed by atoms with Gasteiger partial charge in [-0.2, -0.15) is 0 Å². The zero-order valence-corrected chi connectivity index (χ0v) is 10.7. The fraction of sp³-hybridized carbons (Fsp3) is 0.286. The SMILES string of the molecule is O=C(O)Cc1nc2c(s1)CCCc1ccccc1-2. The third-order valence-electron chi connectivity index (χ3n) is 3.17. The molecule has 92 valence electrons. The smallest absolute Gasteiger partial charge is 0.310 e. The Balaban J connectivity index is 2.09. The molecule has 1 N–H and O–H groups in total. The fourth-order valence-corrected chi connectivity index (χ4v) is 3.51. The number of aryl methyl sites for hydroxylation is 2. The maximum absolute atomic E-state index is 10.8. The summed E-state index contributed by atoms with van der Waals surface area (Å²) in [6, 6.07) is 8.29. The Morgan fingerprint density at radius 1 is 1.33 bits per heavy atom. The second kappa shape index (κ2) is 4.53. The number of carboxylic acids is 1. The number of carbonyl (C=O) groups is 1. The molecule has 0 aliphatic heterocycles. The van der Waals surface area contributed by atoms with E-state index in [0.29, 0.717) is 5.01 Å². The second-order valence-electron chi connectivity index (χ2n) is 4.46. The zero-order chi connectivity index (χ0) is 12.5. The largest absolute Gasteiger partial charge is 0.481 e. The van der Waals surface area contributed by atoms with Crippen molar-refractivity contribution in [3.63, 3.8) is 0 Å². The quantitative estimate of drug-likeness (QED) is 0.902. The topological polar surface area (TPSA) is 50.2 Å². The predicted octanol–water partition coefficient (Wildman–Crippen LogP) is 2.93. The lowest BCUT2D eigenvalue weighted by atomic mass is 10.0. The van der Waals surface area contributed by atoms with Gasteiger partial charge in [-0.25, -0.2) is 4.98 Å². The molecule has 0 amide bonds. The molecule has 1 aliphatic carbocycles. The third-order valence-corrected chi connectivity index (χ3v) is 4.28. The summed E-state index contributed by atoms with van der Waals surface area (Å²) in [6.07, 6.45) is 3.22. The van der Waals surface area contributed by atoms with Crippen molar-refractivity contribution in [1.82, 2.24) is 4.98 Å². The molecule has 0 fully saturated rings. The number of carboxylic acid groups (broad SMARTS) is 1. The van der Waals surface area contributed by atoms with E-state index in [1.54, 1.807) is 11.3 Å². The molecule has 1 aromatic heterocycles. The van der Waals surface area contributed by atoms with Crippen LogP contribution in [0.25, 0.3) is 11.3 Å². The zero-order valence-electron chi connectivity index (χ0n) is 9.85. The molecule has 0 radical (unpaired) electrons. The van der Waals surface area contributed by atoms with E-state index in [2.05, 4.69) is 17.1 Å². The molecule has 18 heavy (non-hydrogen) atoms. The van der Waals surface area contributed by atoms with Gasteiger partial charge in [0.2, 0.25) is 0 Å². The van der Waals surface area contributed by atoms with Crippen LogP contribution in [-0.2, 0) is 24.1 Å². The number of fused-ring (bicyclic) bond motifs is 3. The molecule has 3 rings (SSSR count). The van der Waals surface area contributed by atoms with Gasteiger partial charge in [-0.05, 0) is 24.8 Å². The maximum atomic E-state index is 10.8. The Kier molecular flexibility index (Phi) is 2.88. The van der Waals surface area contributed by atoms with E-state index in [9.17, 15) is 4.79 Å². The van der Waals surface area contributed by atoms with Gasteiger partial charge in [0.15, 0.2) is 0 Å². The summed E-state index contributed by atoms with van der Waals surface area (Å²) in [5.41, 5.74) is 3.51. The van der Waals surface area contributed by atoms with E-state index >= 15 is 0 Å². The highest BCUT2D eigenvalue weighted by molar-refractivity contribution is 7.12. The molecule has 0 spiro atoms. The number of rotatable bonds is 2. The number of aromatic nitrogens is 1. The molecule has 4 heteroatoms. The first-order valence-electron chi connectivity index (χ1n) is 6.02. The van der Waals surface area contributed by atoms with E-state index < -0.39 is 5.97 Å². The van der Waals surface area contributed by atoms with Crippen molar-refractivity contribution in [3.8, 4) is 11.3 Å². The number of thiazole rings is 1. The monoisotopic (exact) mass is 259 g/mol. The van der Waals surface area contributed by atoms with Crippen molar-refractivity contribution in [2.45, 2.75) is 25.7 Å². The molecule has 3 nitrogen and oxygen atoms in total. The van der Waals surface area contributed by atoms with Gasteiger partial charge in [0, 0.05) is 10.4 Å². The molecule has 0 saturated heterocycles. The molecule has 1 aliphatic rings. The van der Waals surface area contributed by atoms with E-state index in [1.807, 2.05) is 12.1 Å². The number of nitrogens with zero attached hydrogens (tertiary/aromatic N) is 1. The lowest BCUT2D eigenvalue weighted by Gasteiger charge is -2.03. The minimum Gasteiger partial charge on any atom is -0.481 e. The summed E-state index contributed by atoms with van der Waals surface area (Å²) in [5, 5.41) is 9.56. The molecule has 2 aromatic rings. The highest BCUT2D eigenvalue weighted by Gasteiger charge is 2.19. The van der Waals surface area contributed by atoms with Crippen molar-refractivity contribution in [1.29, 1.82) is 0 Å². The van der Waals surface area contributed by atoms with Gasteiger partial charge in [-0.3, -0.25) is 4.79 Å². The van der Waals surface area contributed by atoms with Gasteiger partial charge < -0.3 is 5.11 Å². The molecule has 1 aromatic carbocycles. The Labute approximate surface area is 109 Å². The Bertz CT molecular complexity index is 604. The van der Waals surface area contributed by atoms with Gasteiger partial charge in [0.25, 0.3) is 0 Å². The summed E-state index contributed by atoms with van der Waals surface area (Å²) in [7, 11) is 0. The van der Waals surface area contributed by atoms with Crippen molar-refractivity contribution < 1.29 is 9.90 Å². The first-order chi connectivity index (χ1) is 8.74. The van der Waals surface area contributed by atoms with Crippen LogP contribution in [-0.4, -0.2) is 16.1 Å². The van der Waals surface area contributed by atoms with Crippen LogP contribution in [0.4, 0.5) is 0 Å². The number of benzene rings is 1. The van der Waals surface area contributed by atoms with Crippen molar-refractivity contribution in [2.24, 2.45) is 0 Å². The standard InChI is InChI=1S/C14H13NO2S/c16-13(17)8-12-15-14-10-6-2-1-4-9(10)5-3-7-11(14)18-12/h1-2,4,6H,3,5,7-8H2,(H,16,17). The summed E-state index contributed by atoms with van der Waals surface area (Å²) < 4.78 is 0. The molecule has 0 bridgehead atoms. The minimum atomic E-state index is -0.813. The van der Waals surface area contributed by atoms with Crippen LogP contribution >= 0.6 is 11.3 Å². The highest BCUT2D eigenvalue weighted by atomic mass is 32.1. The minimum absolute atomic E-state index is 0.0276. The van der Waals surface area contributed by atoms with Crippen molar-refractivity contribution in [3.05, 3.63) is 39.7 Å². The average Bonchev–Trinajstić information content (AvgIpc) is 2.64. The molecule has 0 saturated carbocycles. The van der Waals surface area contributed by atoms with Gasteiger partial charge in [-0.1, -0.05) is 24.3 Å². The van der Waals surface area contributed by atoms with Gasteiger partial charge in [0.05, 0.1) is 12.1 Å². The summed E-state index contributed by atoms with van der Waals surface area (Å²) in [5.74, 6) is -0.813. The summed E-state index contributed by atoms with van der Waals surface area (Å²) in [6.45, 7) is 0. The number of aliphatic carboxylic acids is 1. The average molecular weight is 259 g/mol. The summed E-state index contributed by atoms with van der Waals surface area (Å²) in [4.78, 5) is 16.5. The maximum Gasteiger partial charge on any atom is 0.310 e. The van der Waals surface area contributed by atoms with Crippen LogP contribution in [0.3, 0.4) is 0 Å². The highest BCUT2D eigenvalue weighted by Crippen LogP contribution is 2.35. The Hall–Kier alpha value is -1.68. The van der Waals surface area contributed by atoms with E-state index in [-0.39, 0.29) is 6.42 Å². The van der Waals surface area contributed by atoms with Gasteiger partial charge in [-0.15, -0.1) is 11.3 Å². The molecular weight excluding hydrogens is 246 g/mol. The number of hydrogen-bond acceptors (Lipinski definition) is 3. The lowest BCUT2D eigenvalue weighted by molar-refractivity contribution is -0.136. The molecule has 1 heterocycles. The van der Waals surface area contributed by atoms with Crippen LogP contribution < -0.4 is 0 Å². The van der Waals surface area contributed by atoms with Crippen LogP contribution in [0.15, 0.2) is 24.3 Å². The van der Waals surface area contributed by atoms with E-state index in [4.69, 9.17) is 5.11 Å². The van der Waals surface area contributed by atoms with Gasteiger partial charge >= 0.3 is 5.97 Å². The van der Waals surface area contributed by atoms with E-state index in [0.717, 1.165) is 25.0 Å². The normalized spacial score (nSPS) is 13.6. The number of hydrogen-bond donors (Lipinski definition) is 1. The van der Waals surface area contributed by atoms with Crippen LogP contribution in [0, 0.1) is 0 Å².